The summed E-state index contributed by atoms with van der Waals surface area (Å²) in [5.74, 6) is 1.06. The van der Waals surface area contributed by atoms with Gasteiger partial charge in [0.25, 0.3) is 10.0 Å². The van der Waals surface area contributed by atoms with Gasteiger partial charge in [-0.15, -0.1) is 0 Å². The third kappa shape index (κ3) is 7.49. The summed E-state index contributed by atoms with van der Waals surface area (Å²) in [5.41, 5.74) is 2.57. The number of nitrogens with zero attached hydrogens (tertiary/aromatic N) is 1. The molecule has 0 saturated carbocycles. The number of nitrogens with one attached hydrogen (secondary N) is 1. The lowest BCUT2D eigenvalue weighted by Crippen LogP contribution is -2.41. The van der Waals surface area contributed by atoms with Crippen molar-refractivity contribution in [3.05, 3.63) is 83.9 Å². The summed E-state index contributed by atoms with van der Waals surface area (Å²) in [5, 5.41) is 2.86. The smallest absolute Gasteiger partial charge is 0.264 e. The Labute approximate surface area is 214 Å². The maximum Gasteiger partial charge on any atom is 0.264 e. The standard InChI is InChI=1S/C28H34N2O5S/c1-4-34-25-14-10-23(11-15-25)7-6-20-29-28(31)21-30(24-12-8-22(3)9-13-24)36(32,33)27-18-16-26(17-19-27)35-5-2/h8-19H,4-7,20-21H2,1-3H3,(H,29,31). The van der Waals surface area contributed by atoms with E-state index in [4.69, 9.17) is 9.47 Å². The second-order valence-electron chi connectivity index (χ2n) is 8.28. The summed E-state index contributed by atoms with van der Waals surface area (Å²) in [6.45, 7) is 6.96. The van der Waals surface area contributed by atoms with Crippen LogP contribution < -0.4 is 19.1 Å². The number of ether oxygens (including phenoxy) is 2. The molecule has 0 saturated heterocycles. The van der Waals surface area contributed by atoms with Crippen molar-refractivity contribution in [1.29, 1.82) is 0 Å². The van der Waals surface area contributed by atoms with E-state index in [-0.39, 0.29) is 17.3 Å². The van der Waals surface area contributed by atoms with Crippen molar-refractivity contribution in [2.24, 2.45) is 0 Å². The van der Waals surface area contributed by atoms with Gasteiger partial charge < -0.3 is 14.8 Å². The third-order valence-corrected chi connectivity index (χ3v) is 7.32. The van der Waals surface area contributed by atoms with Crippen LogP contribution in [0.15, 0.2) is 77.7 Å². The van der Waals surface area contributed by atoms with E-state index >= 15 is 0 Å². The van der Waals surface area contributed by atoms with Crippen LogP contribution >= 0.6 is 0 Å². The summed E-state index contributed by atoms with van der Waals surface area (Å²) in [4.78, 5) is 12.9. The molecular weight excluding hydrogens is 476 g/mol. The molecule has 1 amide bonds. The lowest BCUT2D eigenvalue weighted by molar-refractivity contribution is -0.119. The van der Waals surface area contributed by atoms with Crippen molar-refractivity contribution in [3.63, 3.8) is 0 Å². The van der Waals surface area contributed by atoms with Gasteiger partial charge in [0.2, 0.25) is 5.91 Å². The highest BCUT2D eigenvalue weighted by atomic mass is 32.2. The van der Waals surface area contributed by atoms with Gasteiger partial charge in [-0.2, -0.15) is 0 Å². The minimum atomic E-state index is -3.97. The molecule has 3 aromatic carbocycles. The molecule has 7 nitrogen and oxygen atoms in total. The average Bonchev–Trinajstić information content (AvgIpc) is 2.87. The van der Waals surface area contributed by atoms with Crippen molar-refractivity contribution in [2.45, 2.75) is 38.5 Å². The number of sulfonamides is 1. The number of hydrogen-bond acceptors (Lipinski definition) is 5. The molecule has 0 aliphatic carbocycles. The lowest BCUT2D eigenvalue weighted by Gasteiger charge is -2.24. The van der Waals surface area contributed by atoms with Crippen LogP contribution in [0.25, 0.3) is 0 Å². The topological polar surface area (TPSA) is 84.9 Å². The molecule has 0 heterocycles. The number of rotatable bonds is 13. The molecular formula is C28H34N2O5S. The first-order valence-corrected chi connectivity index (χ1v) is 13.6. The molecule has 0 aliphatic heterocycles. The van der Waals surface area contributed by atoms with Crippen molar-refractivity contribution < 1.29 is 22.7 Å². The first kappa shape index (κ1) is 27.1. The number of aryl methyl sites for hydroxylation is 2. The third-order valence-electron chi connectivity index (χ3n) is 5.53. The van der Waals surface area contributed by atoms with Crippen LogP contribution in [-0.4, -0.2) is 40.6 Å². The Morgan fingerprint density at radius 1 is 0.833 bits per heavy atom. The van der Waals surface area contributed by atoms with Gasteiger partial charge in [-0.1, -0.05) is 29.8 Å². The average molecular weight is 511 g/mol. The molecule has 0 radical (unpaired) electrons. The fourth-order valence-corrected chi connectivity index (χ4v) is 5.07. The SMILES string of the molecule is CCOc1ccc(CCCNC(=O)CN(c2ccc(C)cc2)S(=O)(=O)c2ccc(OCC)cc2)cc1. The van der Waals surface area contributed by atoms with Gasteiger partial charge >= 0.3 is 0 Å². The molecule has 192 valence electrons. The van der Waals surface area contributed by atoms with Gasteiger partial charge in [0.1, 0.15) is 18.0 Å². The molecule has 1 N–H and O–H groups in total. The Morgan fingerprint density at radius 3 is 1.94 bits per heavy atom. The second-order valence-corrected chi connectivity index (χ2v) is 10.1. The number of hydrogen-bond donors (Lipinski definition) is 1. The van der Waals surface area contributed by atoms with Crippen LogP contribution in [0.2, 0.25) is 0 Å². The van der Waals surface area contributed by atoms with Crippen LogP contribution in [0.4, 0.5) is 5.69 Å². The van der Waals surface area contributed by atoms with E-state index in [9.17, 15) is 13.2 Å². The van der Waals surface area contributed by atoms with Crippen molar-refractivity contribution in [2.75, 3.05) is 30.6 Å². The second kappa shape index (κ2) is 13.0. The molecule has 8 heteroatoms. The van der Waals surface area contributed by atoms with Crippen LogP contribution in [0.1, 0.15) is 31.4 Å². The first-order valence-electron chi connectivity index (χ1n) is 12.1. The van der Waals surface area contributed by atoms with Gasteiger partial charge in [-0.05, 0) is 87.7 Å². The van der Waals surface area contributed by atoms with Gasteiger partial charge in [0, 0.05) is 6.54 Å². The maximum absolute atomic E-state index is 13.5. The molecule has 0 aliphatic rings. The summed E-state index contributed by atoms with van der Waals surface area (Å²) in [7, 11) is -3.97. The zero-order valence-corrected chi connectivity index (χ0v) is 21.9. The minimum absolute atomic E-state index is 0.0924. The predicted molar refractivity (Wildman–Crippen MR) is 142 cm³/mol. The quantitative estimate of drug-likeness (QED) is 0.336. The van der Waals surface area contributed by atoms with Gasteiger partial charge in [0.05, 0.1) is 23.8 Å². The molecule has 0 spiro atoms. The van der Waals surface area contributed by atoms with Crippen LogP contribution in [0.3, 0.4) is 0 Å². The van der Waals surface area contributed by atoms with Gasteiger partial charge in [-0.3, -0.25) is 9.10 Å². The number of anilines is 1. The number of carbonyl (C=O) groups is 1. The van der Waals surface area contributed by atoms with E-state index in [0.29, 0.717) is 31.2 Å². The van der Waals surface area contributed by atoms with E-state index in [0.717, 1.165) is 34.0 Å². The van der Waals surface area contributed by atoms with E-state index in [2.05, 4.69) is 5.32 Å². The zero-order chi connectivity index (χ0) is 26.0. The van der Waals surface area contributed by atoms with Crippen molar-refractivity contribution in [1.82, 2.24) is 5.32 Å². The zero-order valence-electron chi connectivity index (χ0n) is 21.1. The fourth-order valence-electron chi connectivity index (χ4n) is 3.65. The summed E-state index contributed by atoms with van der Waals surface area (Å²) < 4.78 is 39.0. The molecule has 3 rings (SSSR count). The summed E-state index contributed by atoms with van der Waals surface area (Å²) in [6, 6.07) is 21.2. The van der Waals surface area contributed by atoms with Gasteiger partial charge in [-0.25, -0.2) is 8.42 Å². The molecule has 3 aromatic rings. The fraction of sp³-hybridized carbons (Fsp3) is 0.321. The Kier molecular flexibility index (Phi) is 9.76. The molecule has 36 heavy (non-hydrogen) atoms. The van der Waals surface area contributed by atoms with Gasteiger partial charge in [0.15, 0.2) is 0 Å². The molecule has 0 unspecified atom stereocenters. The Balaban J connectivity index is 1.66. The van der Waals surface area contributed by atoms with Crippen LogP contribution in [-0.2, 0) is 21.2 Å². The highest BCUT2D eigenvalue weighted by molar-refractivity contribution is 7.92. The summed E-state index contributed by atoms with van der Waals surface area (Å²) in [6.07, 6.45) is 1.52. The van der Waals surface area contributed by atoms with E-state index in [1.54, 1.807) is 24.3 Å². The van der Waals surface area contributed by atoms with Crippen molar-refractivity contribution >= 4 is 21.6 Å². The van der Waals surface area contributed by atoms with E-state index in [1.807, 2.05) is 57.2 Å². The lowest BCUT2D eigenvalue weighted by atomic mass is 10.1. The molecule has 0 atom stereocenters. The van der Waals surface area contributed by atoms with Crippen molar-refractivity contribution in [3.8, 4) is 11.5 Å². The molecule has 0 fully saturated rings. The first-order chi connectivity index (χ1) is 17.3. The number of benzene rings is 3. The van der Waals surface area contributed by atoms with E-state index in [1.165, 1.54) is 12.1 Å². The highest BCUT2D eigenvalue weighted by Gasteiger charge is 2.27. The largest absolute Gasteiger partial charge is 0.494 e. The summed E-state index contributed by atoms with van der Waals surface area (Å²) >= 11 is 0. The Bertz CT molecular complexity index is 1210. The monoisotopic (exact) mass is 510 g/mol. The molecule has 0 bridgehead atoms. The maximum atomic E-state index is 13.5. The number of carbonyl (C=O) groups excluding carboxylic acids is 1. The minimum Gasteiger partial charge on any atom is -0.494 e. The number of amides is 1. The van der Waals surface area contributed by atoms with Crippen LogP contribution in [0.5, 0.6) is 11.5 Å². The van der Waals surface area contributed by atoms with E-state index < -0.39 is 10.0 Å². The Morgan fingerprint density at radius 2 is 1.39 bits per heavy atom. The Hall–Kier alpha value is -3.52. The highest BCUT2D eigenvalue weighted by Crippen LogP contribution is 2.25. The van der Waals surface area contributed by atoms with Crippen LogP contribution in [0, 0.1) is 6.92 Å². The molecule has 0 aromatic heterocycles. The predicted octanol–water partition coefficient (Wildman–Crippen LogP) is 4.74. The normalized spacial score (nSPS) is 11.1.